The fourth-order valence-electron chi connectivity index (χ4n) is 3.52. The lowest BCUT2D eigenvalue weighted by Crippen LogP contribution is -2.47. The van der Waals surface area contributed by atoms with E-state index in [1.54, 1.807) is 18.2 Å². The maximum absolute atomic E-state index is 13.3. The molecule has 1 saturated heterocycles. The van der Waals surface area contributed by atoms with E-state index in [0.29, 0.717) is 16.3 Å². The van der Waals surface area contributed by atoms with Crippen molar-refractivity contribution in [2.45, 2.75) is 45.2 Å². The molecule has 2 atom stereocenters. The minimum atomic E-state index is -0.552. The first-order valence-electron chi connectivity index (χ1n) is 9.03. The van der Waals surface area contributed by atoms with E-state index in [1.165, 1.54) is 12.1 Å². The lowest BCUT2D eigenvalue weighted by molar-refractivity contribution is 0.0512. The molecule has 2 heterocycles. The summed E-state index contributed by atoms with van der Waals surface area (Å²) in [5.41, 5.74) is 0.670. The summed E-state index contributed by atoms with van der Waals surface area (Å²) >= 11 is 18.1. The molecule has 5 nitrogen and oxygen atoms in total. The zero-order valence-electron chi connectivity index (χ0n) is 15.5. The van der Waals surface area contributed by atoms with Gasteiger partial charge in [-0.2, -0.15) is 0 Å². The molecule has 28 heavy (non-hydrogen) atoms. The molecular weight excluding hydrogens is 421 g/mol. The third-order valence-corrected chi connectivity index (χ3v) is 5.67. The number of rotatable bonds is 3. The monoisotopic (exact) mass is 439 g/mol. The number of nitrogens with one attached hydrogen (secondary N) is 1. The predicted octanol–water partition coefficient (Wildman–Crippen LogP) is 5.70. The average molecular weight is 441 g/mol. The van der Waals surface area contributed by atoms with Crippen LogP contribution in [0.4, 0.5) is 5.69 Å². The molecule has 1 aliphatic rings. The number of hydrogen-bond donors (Lipinski definition) is 1. The Morgan fingerprint density at radius 2 is 1.75 bits per heavy atom. The van der Waals surface area contributed by atoms with E-state index in [0.717, 1.165) is 19.3 Å². The lowest BCUT2D eigenvalue weighted by Gasteiger charge is -2.39. The standard InChI is InChI=1S/C20H20Cl3N3O2/c1-11-4-3-5-12(2)26(11)20(28)14-10-13(21)6-8-16(14)24-19(27)18-15(22)7-9-17(23)25-18/h6-12H,3-5H2,1-2H3,(H,24,27). The summed E-state index contributed by atoms with van der Waals surface area (Å²) in [6, 6.07) is 8.01. The Labute approximate surface area is 179 Å². The van der Waals surface area contributed by atoms with Gasteiger partial charge in [0.25, 0.3) is 11.8 Å². The Balaban J connectivity index is 1.93. The third-order valence-electron chi connectivity index (χ3n) is 4.92. The summed E-state index contributed by atoms with van der Waals surface area (Å²) in [5, 5.41) is 3.45. The maximum atomic E-state index is 13.3. The van der Waals surface area contributed by atoms with Gasteiger partial charge in [-0.3, -0.25) is 9.59 Å². The molecule has 8 heteroatoms. The molecule has 2 aromatic rings. The number of pyridine rings is 1. The van der Waals surface area contributed by atoms with Crippen molar-refractivity contribution in [3.05, 3.63) is 56.8 Å². The van der Waals surface area contributed by atoms with Crippen LogP contribution in [0.25, 0.3) is 0 Å². The number of halogens is 3. The molecule has 1 fully saturated rings. The average Bonchev–Trinajstić information content (AvgIpc) is 2.64. The van der Waals surface area contributed by atoms with Gasteiger partial charge in [-0.15, -0.1) is 0 Å². The number of aromatic nitrogens is 1. The quantitative estimate of drug-likeness (QED) is 0.623. The van der Waals surface area contributed by atoms with Crippen LogP contribution in [-0.2, 0) is 0 Å². The van der Waals surface area contributed by atoms with E-state index in [9.17, 15) is 9.59 Å². The van der Waals surface area contributed by atoms with Crippen molar-refractivity contribution in [3.8, 4) is 0 Å². The highest BCUT2D eigenvalue weighted by Crippen LogP contribution is 2.29. The summed E-state index contributed by atoms with van der Waals surface area (Å²) in [6.07, 6.45) is 2.98. The number of likely N-dealkylation sites (tertiary alicyclic amines) is 1. The normalized spacial score (nSPS) is 19.4. The van der Waals surface area contributed by atoms with Crippen LogP contribution in [-0.4, -0.2) is 33.8 Å². The van der Waals surface area contributed by atoms with Crippen LogP contribution in [0.15, 0.2) is 30.3 Å². The van der Waals surface area contributed by atoms with E-state index >= 15 is 0 Å². The van der Waals surface area contributed by atoms with Crippen molar-refractivity contribution in [3.63, 3.8) is 0 Å². The van der Waals surface area contributed by atoms with Crippen LogP contribution in [0.1, 0.15) is 54.0 Å². The summed E-state index contributed by atoms with van der Waals surface area (Å²) in [5.74, 6) is -0.716. The second kappa shape index (κ2) is 8.68. The highest BCUT2D eigenvalue weighted by molar-refractivity contribution is 6.35. The molecular formula is C20H20Cl3N3O2. The second-order valence-corrected chi connectivity index (χ2v) is 8.18. The first-order valence-corrected chi connectivity index (χ1v) is 10.2. The molecule has 1 aliphatic heterocycles. The lowest BCUT2D eigenvalue weighted by atomic mass is 9.96. The molecule has 0 saturated carbocycles. The van der Waals surface area contributed by atoms with Gasteiger partial charge < -0.3 is 10.2 Å². The first kappa shape index (κ1) is 20.9. The fraction of sp³-hybridized carbons (Fsp3) is 0.350. The molecule has 1 N–H and O–H groups in total. The SMILES string of the molecule is CC1CCCC(C)N1C(=O)c1cc(Cl)ccc1NC(=O)c1nc(Cl)ccc1Cl. The molecule has 3 rings (SSSR count). The van der Waals surface area contributed by atoms with E-state index in [2.05, 4.69) is 10.3 Å². The van der Waals surface area contributed by atoms with Gasteiger partial charge in [-0.05, 0) is 63.4 Å². The van der Waals surface area contributed by atoms with Crippen molar-refractivity contribution >= 4 is 52.3 Å². The van der Waals surface area contributed by atoms with Gasteiger partial charge in [-0.1, -0.05) is 34.8 Å². The summed E-state index contributed by atoms with van der Waals surface area (Å²) in [6.45, 7) is 4.07. The number of carbonyl (C=O) groups excluding carboxylic acids is 2. The summed E-state index contributed by atoms with van der Waals surface area (Å²) < 4.78 is 0. The van der Waals surface area contributed by atoms with Crippen molar-refractivity contribution in [1.29, 1.82) is 0 Å². The molecule has 0 bridgehead atoms. The Hall–Kier alpha value is -1.82. The zero-order valence-corrected chi connectivity index (χ0v) is 17.8. The number of nitrogens with zero attached hydrogens (tertiary/aromatic N) is 2. The number of anilines is 1. The highest BCUT2D eigenvalue weighted by atomic mass is 35.5. The number of benzene rings is 1. The Morgan fingerprint density at radius 1 is 1.07 bits per heavy atom. The van der Waals surface area contributed by atoms with Crippen LogP contribution in [0.2, 0.25) is 15.2 Å². The Morgan fingerprint density at radius 3 is 2.43 bits per heavy atom. The zero-order chi connectivity index (χ0) is 20.4. The smallest absolute Gasteiger partial charge is 0.275 e. The van der Waals surface area contributed by atoms with Crippen molar-refractivity contribution in [2.24, 2.45) is 0 Å². The summed E-state index contributed by atoms with van der Waals surface area (Å²) in [7, 11) is 0. The number of hydrogen-bond acceptors (Lipinski definition) is 3. The van der Waals surface area contributed by atoms with Gasteiger partial charge in [0.05, 0.1) is 16.3 Å². The predicted molar refractivity (Wildman–Crippen MR) is 113 cm³/mol. The second-order valence-electron chi connectivity index (χ2n) is 6.95. The van der Waals surface area contributed by atoms with Gasteiger partial charge in [0.1, 0.15) is 10.8 Å². The van der Waals surface area contributed by atoms with Crippen molar-refractivity contribution in [2.75, 3.05) is 5.32 Å². The Kier molecular flexibility index (Phi) is 6.48. The van der Waals surface area contributed by atoms with Gasteiger partial charge >= 0.3 is 0 Å². The summed E-state index contributed by atoms with van der Waals surface area (Å²) in [4.78, 5) is 31.8. The van der Waals surface area contributed by atoms with Crippen molar-refractivity contribution < 1.29 is 9.59 Å². The molecule has 2 unspecified atom stereocenters. The van der Waals surface area contributed by atoms with Crippen LogP contribution in [0.5, 0.6) is 0 Å². The van der Waals surface area contributed by atoms with Crippen LogP contribution >= 0.6 is 34.8 Å². The highest BCUT2D eigenvalue weighted by Gasteiger charge is 2.31. The van der Waals surface area contributed by atoms with Crippen molar-refractivity contribution in [1.82, 2.24) is 9.88 Å². The third kappa shape index (κ3) is 4.43. The first-order chi connectivity index (χ1) is 13.3. The minimum Gasteiger partial charge on any atom is -0.333 e. The minimum absolute atomic E-state index is 0.0118. The molecule has 1 aromatic heterocycles. The largest absolute Gasteiger partial charge is 0.333 e. The fourth-order valence-corrected chi connectivity index (χ4v) is 4.03. The molecule has 2 amide bonds. The molecule has 0 aliphatic carbocycles. The van der Waals surface area contributed by atoms with Crippen LogP contribution in [0.3, 0.4) is 0 Å². The molecule has 148 valence electrons. The van der Waals surface area contributed by atoms with Crippen LogP contribution < -0.4 is 5.32 Å². The molecule has 0 radical (unpaired) electrons. The number of amides is 2. The molecule has 1 aromatic carbocycles. The Bertz CT molecular complexity index is 910. The van der Waals surface area contributed by atoms with E-state index in [4.69, 9.17) is 34.8 Å². The van der Waals surface area contributed by atoms with E-state index in [1.807, 2.05) is 18.7 Å². The topological polar surface area (TPSA) is 62.3 Å². The van der Waals surface area contributed by atoms with Gasteiger partial charge in [0.15, 0.2) is 0 Å². The molecule has 0 spiro atoms. The van der Waals surface area contributed by atoms with E-state index in [-0.39, 0.29) is 33.9 Å². The number of piperidine rings is 1. The van der Waals surface area contributed by atoms with E-state index < -0.39 is 5.91 Å². The van der Waals surface area contributed by atoms with Gasteiger partial charge in [0, 0.05) is 17.1 Å². The maximum Gasteiger partial charge on any atom is 0.275 e. The van der Waals surface area contributed by atoms with Crippen LogP contribution in [0, 0.1) is 0 Å². The van der Waals surface area contributed by atoms with Gasteiger partial charge in [-0.25, -0.2) is 4.98 Å². The number of carbonyl (C=O) groups is 2. The van der Waals surface area contributed by atoms with Gasteiger partial charge in [0.2, 0.25) is 0 Å².